The summed E-state index contributed by atoms with van der Waals surface area (Å²) < 4.78 is 32.7. The third kappa shape index (κ3) is 8.26. The lowest BCUT2D eigenvalue weighted by Gasteiger charge is -2.50. The molecule has 0 spiro atoms. The summed E-state index contributed by atoms with van der Waals surface area (Å²) in [5.74, 6) is -1.83. The van der Waals surface area contributed by atoms with E-state index in [1.54, 1.807) is 0 Å². The number of hydrogen-bond donors (Lipinski definition) is 1. The number of aliphatic hydroxyl groups is 1. The quantitative estimate of drug-likeness (QED) is 0.170. The highest BCUT2D eigenvalue weighted by Crippen LogP contribution is 2.39. The van der Waals surface area contributed by atoms with Crippen molar-refractivity contribution in [3.63, 3.8) is 0 Å². The van der Waals surface area contributed by atoms with Gasteiger partial charge in [0.25, 0.3) is 0 Å². The van der Waals surface area contributed by atoms with Gasteiger partial charge in [-0.05, 0) is 40.9 Å². The van der Waals surface area contributed by atoms with Crippen molar-refractivity contribution in [1.82, 2.24) is 0 Å². The molecule has 0 aromatic heterocycles. The lowest BCUT2D eigenvalue weighted by Crippen LogP contribution is -2.67. The van der Waals surface area contributed by atoms with Gasteiger partial charge in [-0.15, -0.1) is 0 Å². The van der Waals surface area contributed by atoms with E-state index in [-0.39, 0.29) is 18.3 Å². The van der Waals surface area contributed by atoms with E-state index in [0.29, 0.717) is 13.2 Å². The van der Waals surface area contributed by atoms with Gasteiger partial charge in [-0.25, -0.2) is 0 Å². The summed E-state index contributed by atoms with van der Waals surface area (Å²) >= 11 is 0. The van der Waals surface area contributed by atoms with E-state index in [1.807, 2.05) is 91.0 Å². The summed E-state index contributed by atoms with van der Waals surface area (Å²) in [7, 11) is -2.15. The van der Waals surface area contributed by atoms with Gasteiger partial charge in [-0.2, -0.15) is 0 Å². The standard InChI is InChI=1S/C35H46O6Si/c1-7-35(36)33(39-25-29-21-15-10-16-22-29)32(38-24-28-19-13-9-14-20-28)31(37-23-27-17-11-8-12-18-27)30(41-35)26-40-42(5,6)34(2,3)4/h7-22,30-33,36H,1,23-26H2,2-6H3/t30-,31-,32+,33-,35+/m1/s1. The molecule has 1 aliphatic rings. The van der Waals surface area contributed by atoms with Crippen LogP contribution >= 0.6 is 0 Å². The molecule has 1 fully saturated rings. The van der Waals surface area contributed by atoms with Gasteiger partial charge in [0.15, 0.2) is 8.32 Å². The average Bonchev–Trinajstić information content (AvgIpc) is 2.99. The molecule has 7 heteroatoms. The fourth-order valence-corrected chi connectivity index (χ4v) is 5.70. The lowest BCUT2D eigenvalue weighted by molar-refractivity contribution is -0.349. The smallest absolute Gasteiger partial charge is 0.215 e. The number of hydrogen-bond acceptors (Lipinski definition) is 6. The zero-order valence-corrected chi connectivity index (χ0v) is 26.6. The molecule has 1 saturated heterocycles. The van der Waals surface area contributed by atoms with E-state index in [1.165, 1.54) is 6.08 Å². The molecule has 42 heavy (non-hydrogen) atoms. The molecule has 4 rings (SSSR count). The second-order valence-electron chi connectivity index (χ2n) is 12.4. The molecule has 0 aliphatic carbocycles. The van der Waals surface area contributed by atoms with E-state index in [2.05, 4.69) is 40.4 Å². The summed E-state index contributed by atoms with van der Waals surface area (Å²) in [5, 5.41) is 11.9. The highest BCUT2D eigenvalue weighted by Gasteiger charge is 2.55. The Balaban J connectivity index is 1.68. The van der Waals surface area contributed by atoms with Gasteiger partial charge in [0.2, 0.25) is 5.79 Å². The topological polar surface area (TPSA) is 66.4 Å². The van der Waals surface area contributed by atoms with E-state index in [9.17, 15) is 5.11 Å². The van der Waals surface area contributed by atoms with Crippen LogP contribution in [0.1, 0.15) is 37.5 Å². The Morgan fingerprint density at radius 3 is 1.62 bits per heavy atom. The maximum Gasteiger partial charge on any atom is 0.215 e. The van der Waals surface area contributed by atoms with Gasteiger partial charge in [-0.3, -0.25) is 0 Å². The molecule has 5 atom stereocenters. The summed E-state index contributed by atoms with van der Waals surface area (Å²) in [5.41, 5.74) is 2.99. The molecule has 0 unspecified atom stereocenters. The molecule has 0 radical (unpaired) electrons. The highest BCUT2D eigenvalue weighted by molar-refractivity contribution is 6.74. The van der Waals surface area contributed by atoms with Crippen molar-refractivity contribution in [1.29, 1.82) is 0 Å². The first-order valence-electron chi connectivity index (χ1n) is 14.7. The second-order valence-corrected chi connectivity index (χ2v) is 17.2. The van der Waals surface area contributed by atoms with Crippen LogP contribution in [0.3, 0.4) is 0 Å². The predicted octanol–water partition coefficient (Wildman–Crippen LogP) is 7.04. The van der Waals surface area contributed by atoms with Crippen LogP contribution in [0.2, 0.25) is 18.1 Å². The molecule has 1 N–H and O–H groups in total. The summed E-state index contributed by atoms with van der Waals surface area (Å²) in [6.07, 6.45) is -1.44. The first-order valence-corrected chi connectivity index (χ1v) is 17.6. The minimum Gasteiger partial charge on any atom is -0.414 e. The van der Waals surface area contributed by atoms with Crippen molar-refractivity contribution in [3.8, 4) is 0 Å². The number of benzene rings is 3. The maximum atomic E-state index is 11.9. The molecule has 3 aromatic carbocycles. The second kappa shape index (κ2) is 14.2. The van der Waals surface area contributed by atoms with Crippen LogP contribution in [0.4, 0.5) is 0 Å². The molecule has 0 saturated carbocycles. The zero-order chi connectivity index (χ0) is 30.2. The Kier molecular flexibility index (Phi) is 10.9. The SMILES string of the molecule is C=C[C@]1(O)O[C@H](CO[Si](C)(C)C(C)(C)C)[C@@H](OCc2ccccc2)[C@H](OCc2ccccc2)[C@H]1OCc1ccccc1. The number of ether oxygens (including phenoxy) is 4. The maximum absolute atomic E-state index is 11.9. The fourth-order valence-electron chi connectivity index (χ4n) is 4.69. The Bertz CT molecular complexity index is 1230. The van der Waals surface area contributed by atoms with Crippen molar-refractivity contribution in [2.24, 2.45) is 0 Å². The third-order valence-electron chi connectivity index (χ3n) is 8.29. The summed E-state index contributed by atoms with van der Waals surface area (Å²) in [6, 6.07) is 29.8. The van der Waals surface area contributed by atoms with Gasteiger partial charge < -0.3 is 28.5 Å². The van der Waals surface area contributed by atoms with Crippen molar-refractivity contribution in [2.75, 3.05) is 6.61 Å². The molecule has 3 aromatic rings. The van der Waals surface area contributed by atoms with Crippen LogP contribution < -0.4 is 0 Å². The molecule has 0 amide bonds. The third-order valence-corrected chi connectivity index (χ3v) is 12.8. The molecular weight excluding hydrogens is 544 g/mol. The molecule has 1 heterocycles. The normalized spacial score (nSPS) is 24.8. The number of rotatable bonds is 13. The van der Waals surface area contributed by atoms with Crippen LogP contribution in [-0.4, -0.2) is 50.2 Å². The van der Waals surface area contributed by atoms with Gasteiger partial charge >= 0.3 is 0 Å². The van der Waals surface area contributed by atoms with E-state index < -0.39 is 38.5 Å². The Hall–Kier alpha value is -2.62. The molecule has 1 aliphatic heterocycles. The summed E-state index contributed by atoms with van der Waals surface area (Å²) in [6.45, 7) is 16.1. The van der Waals surface area contributed by atoms with E-state index >= 15 is 0 Å². The molecule has 6 nitrogen and oxygen atoms in total. The van der Waals surface area contributed by atoms with Crippen LogP contribution in [0.15, 0.2) is 104 Å². The van der Waals surface area contributed by atoms with E-state index in [0.717, 1.165) is 16.7 Å². The highest BCUT2D eigenvalue weighted by atomic mass is 28.4. The van der Waals surface area contributed by atoms with Crippen molar-refractivity contribution < 1.29 is 28.5 Å². The first-order chi connectivity index (χ1) is 20.0. The molecule has 0 bridgehead atoms. The van der Waals surface area contributed by atoms with Gasteiger partial charge in [-0.1, -0.05) is 118 Å². The van der Waals surface area contributed by atoms with Gasteiger partial charge in [0.1, 0.15) is 24.4 Å². The van der Waals surface area contributed by atoms with Gasteiger partial charge in [0, 0.05) is 0 Å². The lowest BCUT2D eigenvalue weighted by atomic mass is 9.91. The average molecular weight is 591 g/mol. The van der Waals surface area contributed by atoms with Crippen LogP contribution in [-0.2, 0) is 43.2 Å². The van der Waals surface area contributed by atoms with Gasteiger partial charge in [0.05, 0.1) is 26.4 Å². The molecule has 226 valence electrons. The van der Waals surface area contributed by atoms with Crippen molar-refractivity contribution in [3.05, 3.63) is 120 Å². The van der Waals surface area contributed by atoms with Crippen LogP contribution in [0.5, 0.6) is 0 Å². The minimum atomic E-state index is -2.15. The zero-order valence-electron chi connectivity index (χ0n) is 25.6. The first kappa shape index (κ1) is 32.3. The Labute approximate surface area is 252 Å². The monoisotopic (exact) mass is 590 g/mol. The van der Waals surface area contributed by atoms with Crippen LogP contribution in [0.25, 0.3) is 0 Å². The Morgan fingerprint density at radius 1 is 0.762 bits per heavy atom. The van der Waals surface area contributed by atoms with Crippen molar-refractivity contribution in [2.45, 2.75) is 88.9 Å². The Morgan fingerprint density at radius 2 is 1.19 bits per heavy atom. The van der Waals surface area contributed by atoms with Crippen LogP contribution in [0, 0.1) is 0 Å². The molecular formula is C35H46O6Si. The minimum absolute atomic E-state index is 0.00133. The van der Waals surface area contributed by atoms with E-state index in [4.69, 9.17) is 23.4 Å². The largest absolute Gasteiger partial charge is 0.414 e. The van der Waals surface area contributed by atoms with Crippen molar-refractivity contribution >= 4 is 8.32 Å². The fraction of sp³-hybridized carbons (Fsp3) is 0.429. The predicted molar refractivity (Wildman–Crippen MR) is 168 cm³/mol. The summed E-state index contributed by atoms with van der Waals surface area (Å²) in [4.78, 5) is 0.